The van der Waals surface area contributed by atoms with Crippen LogP contribution >= 0.6 is 46.7 Å². The van der Waals surface area contributed by atoms with Crippen molar-refractivity contribution < 1.29 is 19.2 Å². The molecule has 2 saturated heterocycles. The van der Waals surface area contributed by atoms with Crippen LogP contribution in [0.3, 0.4) is 0 Å². The minimum atomic E-state index is -0.916. The molecule has 2 aliphatic heterocycles. The van der Waals surface area contributed by atoms with Crippen LogP contribution in [-0.4, -0.2) is 54.1 Å². The van der Waals surface area contributed by atoms with Crippen molar-refractivity contribution in [3.05, 3.63) is 239 Å². The number of aromatic nitrogens is 2. The first-order chi connectivity index (χ1) is 33.2. The van der Waals surface area contributed by atoms with Gasteiger partial charge in [-0.3, -0.25) is 40.0 Å². The van der Waals surface area contributed by atoms with Gasteiger partial charge in [0.2, 0.25) is 0 Å². The Morgan fingerprint density at radius 3 is 1.24 bits per heavy atom. The predicted octanol–water partition coefficient (Wildman–Crippen LogP) is 11.1. The molecule has 14 heteroatoms. The number of carbonyl (C=O) groups is 4. The van der Waals surface area contributed by atoms with Gasteiger partial charge in [-0.1, -0.05) is 163 Å². The van der Waals surface area contributed by atoms with Crippen LogP contribution in [-0.2, 0) is 19.2 Å². The SMILES string of the molecule is O=C1NN(C(c2ccccc2)c2ccc(-c3cccnc3)cc2)C(=O)C1Sc1ccccc1Cl.O=C1NN(C(c2ccccc2)c2ccc(-c3ccncc3)cc2)C(=O)C1Sc1ccccc1Cl. The number of nitrogens with zero attached hydrogens (tertiary/aromatic N) is 4. The molecule has 10 nitrogen and oxygen atoms in total. The third-order valence-electron chi connectivity index (χ3n) is 11.2. The van der Waals surface area contributed by atoms with E-state index in [-0.39, 0.29) is 23.6 Å². The van der Waals surface area contributed by atoms with Gasteiger partial charge in [0.05, 0.1) is 10.0 Å². The van der Waals surface area contributed by atoms with Crippen LogP contribution < -0.4 is 10.9 Å². The van der Waals surface area contributed by atoms with Gasteiger partial charge < -0.3 is 0 Å². The van der Waals surface area contributed by atoms with Crippen molar-refractivity contribution in [3.8, 4) is 22.3 Å². The molecule has 2 fully saturated rings. The van der Waals surface area contributed by atoms with Crippen molar-refractivity contribution in [3.63, 3.8) is 0 Å². The van der Waals surface area contributed by atoms with Crippen LogP contribution in [0, 0.1) is 0 Å². The van der Waals surface area contributed by atoms with Crippen molar-refractivity contribution in [2.75, 3.05) is 0 Å². The number of thioether (sulfide) groups is 2. The molecule has 4 heterocycles. The molecule has 0 saturated carbocycles. The number of rotatable bonds is 12. The molecule has 68 heavy (non-hydrogen) atoms. The molecule has 2 N–H and O–H groups in total. The number of benzene rings is 6. The zero-order chi connectivity index (χ0) is 47.0. The van der Waals surface area contributed by atoms with Crippen LogP contribution in [0.1, 0.15) is 34.3 Å². The zero-order valence-electron chi connectivity index (χ0n) is 35.9. The second-order valence-corrected chi connectivity index (χ2v) is 18.7. The fourth-order valence-corrected chi connectivity index (χ4v) is 10.4. The Morgan fingerprint density at radius 2 is 0.809 bits per heavy atom. The molecule has 336 valence electrons. The second kappa shape index (κ2) is 21.2. The Morgan fingerprint density at radius 1 is 0.412 bits per heavy atom. The monoisotopic (exact) mass is 970 g/mol. The van der Waals surface area contributed by atoms with E-state index in [1.54, 1.807) is 30.7 Å². The average Bonchev–Trinajstić information content (AvgIpc) is 3.82. The summed E-state index contributed by atoms with van der Waals surface area (Å²) in [6.45, 7) is 0. The number of amides is 4. The average molecular weight is 972 g/mol. The van der Waals surface area contributed by atoms with Crippen molar-refractivity contribution in [2.45, 2.75) is 32.4 Å². The molecule has 10 rings (SSSR count). The second-order valence-electron chi connectivity index (χ2n) is 15.6. The fraction of sp³-hybridized carbons (Fsp3) is 0.0741. The van der Waals surface area contributed by atoms with Crippen LogP contribution in [0.25, 0.3) is 22.3 Å². The molecule has 4 amide bonds. The van der Waals surface area contributed by atoms with E-state index in [4.69, 9.17) is 23.2 Å². The van der Waals surface area contributed by atoms with Crippen LogP contribution in [0.2, 0.25) is 10.0 Å². The van der Waals surface area contributed by atoms with Gasteiger partial charge in [-0.25, -0.2) is 10.0 Å². The molecule has 2 aliphatic rings. The van der Waals surface area contributed by atoms with Gasteiger partial charge in [0.15, 0.2) is 10.5 Å². The topological polar surface area (TPSA) is 125 Å². The molecule has 0 bridgehead atoms. The fourth-order valence-electron chi connectivity index (χ4n) is 7.91. The Hall–Kier alpha value is -7.22. The van der Waals surface area contributed by atoms with Crippen molar-refractivity contribution >= 4 is 70.4 Å². The normalized spacial score (nSPS) is 16.4. The van der Waals surface area contributed by atoms with E-state index in [2.05, 4.69) is 20.8 Å². The van der Waals surface area contributed by atoms with Crippen LogP contribution in [0.5, 0.6) is 0 Å². The van der Waals surface area contributed by atoms with E-state index in [1.165, 1.54) is 10.0 Å². The third-order valence-corrected chi connectivity index (χ3v) is 14.6. The Balaban J connectivity index is 0.000000170. The molecule has 0 radical (unpaired) electrons. The van der Waals surface area contributed by atoms with Crippen molar-refractivity contribution in [1.29, 1.82) is 0 Å². The molecular weight excluding hydrogens is 932 g/mol. The molecule has 0 spiro atoms. The lowest BCUT2D eigenvalue weighted by Gasteiger charge is -2.28. The van der Waals surface area contributed by atoms with Gasteiger partial charge in [0.1, 0.15) is 12.1 Å². The van der Waals surface area contributed by atoms with Crippen molar-refractivity contribution in [1.82, 2.24) is 30.8 Å². The van der Waals surface area contributed by atoms with E-state index in [0.717, 1.165) is 68.0 Å². The van der Waals surface area contributed by atoms with E-state index < -0.39 is 22.6 Å². The number of carbonyl (C=O) groups excluding carboxylic acids is 4. The minimum Gasteiger partial charge on any atom is -0.271 e. The quantitative estimate of drug-likeness (QED) is 0.116. The van der Waals surface area contributed by atoms with Crippen molar-refractivity contribution in [2.24, 2.45) is 0 Å². The number of pyridine rings is 2. The predicted molar refractivity (Wildman–Crippen MR) is 268 cm³/mol. The maximum atomic E-state index is 13.5. The summed E-state index contributed by atoms with van der Waals surface area (Å²) in [5.74, 6) is -1.32. The Kier molecular flexibility index (Phi) is 14.3. The van der Waals surface area contributed by atoms with E-state index in [9.17, 15) is 19.2 Å². The number of nitrogens with one attached hydrogen (secondary N) is 2. The summed E-state index contributed by atoms with van der Waals surface area (Å²) in [6.07, 6.45) is 7.06. The largest absolute Gasteiger partial charge is 0.271 e. The Bertz CT molecular complexity index is 2840. The van der Waals surface area contributed by atoms with Gasteiger partial charge in [-0.2, -0.15) is 0 Å². The summed E-state index contributed by atoms with van der Waals surface area (Å²) in [6, 6.07) is 56.6. The first-order valence-electron chi connectivity index (χ1n) is 21.4. The summed E-state index contributed by atoms with van der Waals surface area (Å²) in [7, 11) is 0. The highest BCUT2D eigenvalue weighted by molar-refractivity contribution is 8.01. The maximum absolute atomic E-state index is 13.5. The molecule has 0 aliphatic carbocycles. The summed E-state index contributed by atoms with van der Waals surface area (Å²) in [4.78, 5) is 62.3. The third kappa shape index (κ3) is 10.2. The van der Waals surface area contributed by atoms with Gasteiger partial charge in [0.25, 0.3) is 23.6 Å². The molecule has 4 atom stereocenters. The molecule has 2 aromatic heterocycles. The van der Waals surface area contributed by atoms with Crippen LogP contribution in [0.15, 0.2) is 217 Å². The lowest BCUT2D eigenvalue weighted by molar-refractivity contribution is -0.131. The summed E-state index contributed by atoms with van der Waals surface area (Å²) in [5.41, 5.74) is 13.3. The lowest BCUT2D eigenvalue weighted by atomic mass is 9.96. The first-order valence-corrected chi connectivity index (χ1v) is 23.9. The molecule has 6 aromatic carbocycles. The number of hydrazine groups is 2. The van der Waals surface area contributed by atoms with Gasteiger partial charge >= 0.3 is 0 Å². The molecule has 8 aromatic rings. The molecule has 4 unspecified atom stereocenters. The summed E-state index contributed by atoms with van der Waals surface area (Å²) >= 11 is 14.9. The molecular formula is C54H40Cl2N6O4S2. The van der Waals surface area contributed by atoms with Gasteiger partial charge in [0, 0.05) is 34.6 Å². The highest BCUT2D eigenvalue weighted by atomic mass is 35.5. The standard InChI is InChI=1S/2C27H20ClN3O2S/c28-22-10-4-5-11-23(22)34-25-26(32)30-31(27(25)33)24(19-7-2-1-3-8-19)20-14-12-18(13-15-20)21-9-6-16-29-17-21;28-22-8-4-5-9-23(22)34-25-26(32)30-31(27(25)33)24(20-6-2-1-3-7-20)21-12-10-18(11-13-21)19-14-16-29-17-15-19/h2*1-17,24-25H,(H,30,32). The highest BCUT2D eigenvalue weighted by Crippen LogP contribution is 2.39. The number of hydrogen-bond donors (Lipinski definition) is 2. The highest BCUT2D eigenvalue weighted by Gasteiger charge is 2.45. The minimum absolute atomic E-state index is 0.304. The van der Waals surface area contributed by atoms with E-state index >= 15 is 0 Å². The first kappa shape index (κ1) is 45.9. The number of halogens is 2. The van der Waals surface area contributed by atoms with E-state index in [1.807, 2.05) is 176 Å². The lowest BCUT2D eigenvalue weighted by Crippen LogP contribution is -2.39. The maximum Gasteiger partial charge on any atom is 0.265 e. The summed E-state index contributed by atoms with van der Waals surface area (Å²) < 4.78 is 0. The van der Waals surface area contributed by atoms with Crippen LogP contribution in [0.4, 0.5) is 0 Å². The smallest absolute Gasteiger partial charge is 0.265 e. The number of hydrogen-bond acceptors (Lipinski definition) is 8. The van der Waals surface area contributed by atoms with Gasteiger partial charge in [-0.15, -0.1) is 23.5 Å². The Labute approximate surface area is 411 Å². The van der Waals surface area contributed by atoms with E-state index in [0.29, 0.717) is 19.8 Å². The van der Waals surface area contributed by atoms with Gasteiger partial charge in [-0.05, 0) is 87.0 Å². The summed E-state index contributed by atoms with van der Waals surface area (Å²) in [5, 5.41) is 2.07. The zero-order valence-corrected chi connectivity index (χ0v) is 39.1.